The lowest BCUT2D eigenvalue weighted by Crippen LogP contribution is -2.18. The number of allylic oxidation sites excluding steroid dienone is 3. The Morgan fingerprint density at radius 2 is 1.41 bits per heavy atom. The van der Waals surface area contributed by atoms with E-state index in [1.54, 1.807) is 13.0 Å². The van der Waals surface area contributed by atoms with Crippen molar-refractivity contribution in [1.29, 1.82) is 0 Å². The molecule has 0 aromatic rings. The van der Waals surface area contributed by atoms with E-state index in [0.717, 1.165) is 18.2 Å². The molecule has 0 aromatic carbocycles. The molecular weight excluding hydrogens is 260 g/mol. The molecule has 0 saturated heterocycles. The highest BCUT2D eigenvalue weighted by molar-refractivity contribution is 8.14. The molecular formula is C11H16O4S2. The van der Waals surface area contributed by atoms with Crippen LogP contribution in [0.1, 0.15) is 6.92 Å². The Hall–Kier alpha value is -1.14. The average Bonchev–Trinajstić information content (AvgIpc) is 2.17. The fourth-order valence-corrected chi connectivity index (χ4v) is 4.53. The van der Waals surface area contributed by atoms with Crippen molar-refractivity contribution in [1.82, 2.24) is 0 Å². The summed E-state index contributed by atoms with van der Waals surface area (Å²) in [6, 6.07) is 0. The number of hydrogen-bond donors (Lipinski definition) is 0. The van der Waals surface area contributed by atoms with Gasteiger partial charge in [-0.1, -0.05) is 24.3 Å². The van der Waals surface area contributed by atoms with Gasteiger partial charge in [-0.2, -0.15) is 0 Å². The van der Waals surface area contributed by atoms with Gasteiger partial charge in [0.2, 0.25) is 0 Å². The molecule has 0 unspecified atom stereocenters. The second-order valence-electron chi connectivity index (χ2n) is 3.15. The van der Waals surface area contributed by atoms with Crippen LogP contribution in [0.2, 0.25) is 0 Å². The van der Waals surface area contributed by atoms with Crippen LogP contribution in [-0.4, -0.2) is 28.3 Å². The van der Waals surface area contributed by atoms with Gasteiger partial charge in [-0.15, -0.1) is 13.2 Å². The van der Waals surface area contributed by atoms with Crippen LogP contribution in [0.5, 0.6) is 0 Å². The molecule has 0 heterocycles. The number of sulfone groups is 2. The topological polar surface area (TPSA) is 68.3 Å². The van der Waals surface area contributed by atoms with Crippen molar-refractivity contribution in [3.8, 4) is 0 Å². The van der Waals surface area contributed by atoms with E-state index in [2.05, 4.69) is 13.2 Å². The highest BCUT2D eigenvalue weighted by atomic mass is 32.3. The lowest BCUT2D eigenvalue weighted by molar-refractivity contribution is 0.598. The molecule has 0 saturated carbocycles. The highest BCUT2D eigenvalue weighted by Gasteiger charge is 2.27. The van der Waals surface area contributed by atoms with Gasteiger partial charge < -0.3 is 0 Å². The Balaban J connectivity index is 5.78. The van der Waals surface area contributed by atoms with Crippen LogP contribution in [0, 0.1) is 0 Å². The maximum Gasteiger partial charge on any atom is 0.192 e. The van der Waals surface area contributed by atoms with Crippen LogP contribution in [-0.2, 0) is 19.7 Å². The van der Waals surface area contributed by atoms with Crippen LogP contribution >= 0.6 is 0 Å². The van der Waals surface area contributed by atoms with Gasteiger partial charge in [-0.05, 0) is 13.0 Å². The summed E-state index contributed by atoms with van der Waals surface area (Å²) in [7, 11) is -7.74. The average molecular weight is 276 g/mol. The van der Waals surface area contributed by atoms with E-state index < -0.39 is 35.4 Å². The van der Waals surface area contributed by atoms with Crippen LogP contribution in [0.4, 0.5) is 0 Å². The number of rotatable bonds is 7. The van der Waals surface area contributed by atoms with Crippen molar-refractivity contribution in [2.75, 3.05) is 11.5 Å². The Morgan fingerprint density at radius 1 is 1.00 bits per heavy atom. The smallest absolute Gasteiger partial charge is 0.192 e. The lowest BCUT2D eigenvalue weighted by Gasteiger charge is -2.06. The monoisotopic (exact) mass is 276 g/mol. The third-order valence-electron chi connectivity index (χ3n) is 1.71. The summed E-state index contributed by atoms with van der Waals surface area (Å²) >= 11 is 0. The summed E-state index contributed by atoms with van der Waals surface area (Å²) < 4.78 is 46.5. The quantitative estimate of drug-likeness (QED) is 0.523. The van der Waals surface area contributed by atoms with E-state index in [1.165, 1.54) is 6.08 Å². The predicted molar refractivity (Wildman–Crippen MR) is 70.9 cm³/mol. The molecule has 0 atom stereocenters. The van der Waals surface area contributed by atoms with E-state index in [9.17, 15) is 16.8 Å². The van der Waals surface area contributed by atoms with Gasteiger partial charge in [-0.25, -0.2) is 16.8 Å². The summed E-state index contributed by atoms with van der Waals surface area (Å²) in [5.41, 5.74) is 0. The van der Waals surface area contributed by atoms with Crippen LogP contribution in [0.15, 0.2) is 47.8 Å². The molecule has 0 rings (SSSR count). The first-order chi connectivity index (χ1) is 7.81. The van der Waals surface area contributed by atoms with Gasteiger partial charge in [0.25, 0.3) is 0 Å². The number of hydrogen-bond acceptors (Lipinski definition) is 4. The summed E-state index contributed by atoms with van der Waals surface area (Å²) in [5.74, 6) is -0.820. The predicted octanol–water partition coefficient (Wildman–Crippen LogP) is 1.61. The molecule has 0 bridgehead atoms. The van der Waals surface area contributed by atoms with Gasteiger partial charge in [-0.3, -0.25) is 0 Å². The molecule has 0 fully saturated rings. The molecule has 0 aromatic heterocycles. The van der Waals surface area contributed by atoms with Crippen molar-refractivity contribution in [3.05, 3.63) is 47.8 Å². The fourth-order valence-electron chi connectivity index (χ4n) is 1.05. The van der Waals surface area contributed by atoms with Crippen molar-refractivity contribution >= 4 is 19.7 Å². The Labute approximate surface area is 103 Å². The SMILES string of the molecule is C=CCS(=O)(=O)C(=C/C=C/C)S(=O)(=O)CC=C. The third-order valence-corrected chi connectivity index (χ3v) is 6.08. The summed E-state index contributed by atoms with van der Waals surface area (Å²) in [5, 5.41) is 0. The summed E-state index contributed by atoms with van der Waals surface area (Å²) in [4.78, 5) is 0. The van der Waals surface area contributed by atoms with Crippen LogP contribution in [0.25, 0.3) is 0 Å². The fraction of sp³-hybridized carbons (Fsp3) is 0.273. The Kier molecular flexibility index (Phi) is 6.12. The van der Waals surface area contributed by atoms with Crippen LogP contribution < -0.4 is 0 Å². The molecule has 0 aliphatic heterocycles. The minimum absolute atomic E-state index is 0.410. The van der Waals surface area contributed by atoms with Crippen molar-refractivity contribution in [2.24, 2.45) is 0 Å². The molecule has 0 aliphatic rings. The molecule has 0 aliphatic carbocycles. The van der Waals surface area contributed by atoms with Gasteiger partial charge in [0, 0.05) is 0 Å². The lowest BCUT2D eigenvalue weighted by atomic mass is 10.5. The van der Waals surface area contributed by atoms with Crippen molar-refractivity contribution in [2.45, 2.75) is 6.92 Å². The molecule has 6 heteroatoms. The van der Waals surface area contributed by atoms with Crippen molar-refractivity contribution in [3.63, 3.8) is 0 Å². The zero-order chi connectivity index (χ0) is 13.5. The minimum atomic E-state index is -3.87. The molecule has 17 heavy (non-hydrogen) atoms. The molecule has 0 N–H and O–H groups in total. The Bertz CT molecular complexity index is 492. The van der Waals surface area contributed by atoms with Gasteiger partial charge in [0.1, 0.15) is 0 Å². The van der Waals surface area contributed by atoms with E-state index in [0.29, 0.717) is 0 Å². The molecule has 0 spiro atoms. The van der Waals surface area contributed by atoms with E-state index in [4.69, 9.17) is 0 Å². The zero-order valence-corrected chi connectivity index (χ0v) is 11.3. The second kappa shape index (κ2) is 6.56. The first kappa shape index (κ1) is 15.9. The third kappa shape index (κ3) is 4.70. The van der Waals surface area contributed by atoms with E-state index in [-0.39, 0.29) is 0 Å². The maximum atomic E-state index is 11.8. The molecule has 96 valence electrons. The standard InChI is InChI=1S/C11H16O4S2/c1-4-7-8-11(16(12,13)9-5-2)17(14,15)10-6-3/h4-8H,2-3,9-10H2,1H3/b7-4+. The second-order valence-corrected chi connectivity index (χ2v) is 7.42. The van der Waals surface area contributed by atoms with Gasteiger partial charge >= 0.3 is 0 Å². The zero-order valence-electron chi connectivity index (χ0n) is 9.66. The van der Waals surface area contributed by atoms with Crippen molar-refractivity contribution < 1.29 is 16.8 Å². The van der Waals surface area contributed by atoms with E-state index in [1.807, 2.05) is 0 Å². The minimum Gasteiger partial charge on any atom is -0.223 e. The first-order valence-corrected chi connectivity index (χ1v) is 8.12. The normalized spacial score (nSPS) is 12.3. The first-order valence-electron chi connectivity index (χ1n) is 4.82. The molecule has 0 amide bonds. The van der Waals surface area contributed by atoms with Gasteiger partial charge in [0.15, 0.2) is 23.9 Å². The highest BCUT2D eigenvalue weighted by Crippen LogP contribution is 2.17. The largest absolute Gasteiger partial charge is 0.223 e. The maximum absolute atomic E-state index is 11.8. The summed E-state index contributed by atoms with van der Waals surface area (Å²) in [6.45, 7) is 8.26. The molecule has 0 radical (unpaired) electrons. The van der Waals surface area contributed by atoms with Crippen LogP contribution in [0.3, 0.4) is 0 Å². The molecule has 4 nitrogen and oxygen atoms in total. The summed E-state index contributed by atoms with van der Waals surface area (Å²) in [6.07, 6.45) is 6.31. The van der Waals surface area contributed by atoms with Gasteiger partial charge in [0.05, 0.1) is 11.5 Å². The van der Waals surface area contributed by atoms with E-state index >= 15 is 0 Å². The Morgan fingerprint density at radius 3 is 1.71 bits per heavy atom.